The summed E-state index contributed by atoms with van der Waals surface area (Å²) in [5.41, 5.74) is 1.57. The minimum atomic E-state index is -0.548. The zero-order valence-corrected chi connectivity index (χ0v) is 18.1. The largest absolute Gasteiger partial charge is 0.422 e. The van der Waals surface area contributed by atoms with Crippen molar-refractivity contribution in [1.29, 1.82) is 0 Å². The number of para-hydroxylation sites is 2. The number of pyridine rings is 2. The summed E-state index contributed by atoms with van der Waals surface area (Å²) in [5.74, 6) is -0.327. The van der Waals surface area contributed by atoms with E-state index in [0.717, 1.165) is 0 Å². The molecule has 170 valence electrons. The van der Waals surface area contributed by atoms with Crippen molar-refractivity contribution in [3.05, 3.63) is 109 Å². The van der Waals surface area contributed by atoms with E-state index in [9.17, 15) is 9.59 Å². The van der Waals surface area contributed by atoms with Gasteiger partial charge in [-0.1, -0.05) is 24.3 Å². The fraction of sp³-hybridized carbons (Fsp3) is 0. The molecule has 0 aliphatic rings. The lowest BCUT2D eigenvalue weighted by atomic mass is 10.2. The average molecular weight is 464 g/mol. The molecule has 0 radical (unpaired) electrons. The van der Waals surface area contributed by atoms with Gasteiger partial charge in [-0.15, -0.1) is 10.2 Å². The number of hydrogen-bond acceptors (Lipinski definition) is 9. The van der Waals surface area contributed by atoms with Gasteiger partial charge in [0.1, 0.15) is 11.5 Å². The third kappa shape index (κ3) is 4.79. The number of esters is 2. The molecular formula is C26H16N4O5. The van der Waals surface area contributed by atoms with Gasteiger partial charge in [-0.25, -0.2) is 9.59 Å². The summed E-state index contributed by atoms with van der Waals surface area (Å²) in [6, 6.07) is 19.8. The maximum atomic E-state index is 12.5. The molecule has 5 aromatic rings. The summed E-state index contributed by atoms with van der Waals surface area (Å²) in [5, 5.41) is 8.23. The Morgan fingerprint density at radius 1 is 0.571 bits per heavy atom. The van der Waals surface area contributed by atoms with E-state index < -0.39 is 11.9 Å². The molecule has 0 saturated carbocycles. The molecule has 0 atom stereocenters. The molecule has 9 heteroatoms. The second-order valence-electron chi connectivity index (χ2n) is 7.16. The second-order valence-corrected chi connectivity index (χ2v) is 7.16. The van der Waals surface area contributed by atoms with E-state index in [1.165, 1.54) is 24.8 Å². The summed E-state index contributed by atoms with van der Waals surface area (Å²) >= 11 is 0. The quantitative estimate of drug-likeness (QED) is 0.262. The SMILES string of the molecule is O=C(Oc1ccccc1-c1nnc(-c2ccccc2OC(=O)c2ccncc2)o1)c1ccncc1. The lowest BCUT2D eigenvalue weighted by Crippen LogP contribution is -2.09. The number of carbonyl (C=O) groups excluding carboxylic acids is 2. The monoisotopic (exact) mass is 464 g/mol. The van der Waals surface area contributed by atoms with Crippen LogP contribution in [0.4, 0.5) is 0 Å². The van der Waals surface area contributed by atoms with E-state index >= 15 is 0 Å². The van der Waals surface area contributed by atoms with Gasteiger partial charge in [0.25, 0.3) is 11.8 Å². The molecule has 0 spiro atoms. The van der Waals surface area contributed by atoms with Crippen LogP contribution in [0, 0.1) is 0 Å². The van der Waals surface area contributed by atoms with Crippen molar-refractivity contribution in [3.8, 4) is 34.4 Å². The van der Waals surface area contributed by atoms with Crippen molar-refractivity contribution < 1.29 is 23.5 Å². The van der Waals surface area contributed by atoms with Crippen LogP contribution in [-0.4, -0.2) is 32.1 Å². The summed E-state index contributed by atoms with van der Waals surface area (Å²) in [6.07, 6.45) is 6.02. The van der Waals surface area contributed by atoms with Gasteiger partial charge in [0, 0.05) is 24.8 Å². The van der Waals surface area contributed by atoms with Crippen LogP contribution in [0.5, 0.6) is 11.5 Å². The summed E-state index contributed by atoms with van der Waals surface area (Å²) < 4.78 is 17.0. The predicted octanol–water partition coefficient (Wildman–Crippen LogP) is 4.63. The molecule has 5 rings (SSSR count). The van der Waals surface area contributed by atoms with Gasteiger partial charge < -0.3 is 13.9 Å². The molecule has 9 nitrogen and oxygen atoms in total. The van der Waals surface area contributed by atoms with Gasteiger partial charge in [-0.3, -0.25) is 9.97 Å². The van der Waals surface area contributed by atoms with Crippen LogP contribution >= 0.6 is 0 Å². The van der Waals surface area contributed by atoms with Crippen LogP contribution in [0.2, 0.25) is 0 Å². The lowest BCUT2D eigenvalue weighted by Gasteiger charge is -2.08. The number of ether oxygens (including phenoxy) is 2. The third-order valence-electron chi connectivity index (χ3n) is 4.90. The van der Waals surface area contributed by atoms with E-state index in [0.29, 0.717) is 22.3 Å². The Balaban J connectivity index is 1.42. The van der Waals surface area contributed by atoms with Crippen LogP contribution in [0.1, 0.15) is 20.7 Å². The van der Waals surface area contributed by atoms with Crippen LogP contribution in [0.3, 0.4) is 0 Å². The summed E-state index contributed by atoms with van der Waals surface area (Å²) in [6.45, 7) is 0. The molecule has 0 unspecified atom stereocenters. The topological polar surface area (TPSA) is 117 Å². The minimum Gasteiger partial charge on any atom is -0.422 e. The first-order chi connectivity index (χ1) is 17.2. The number of aromatic nitrogens is 4. The average Bonchev–Trinajstić information content (AvgIpc) is 3.40. The van der Waals surface area contributed by atoms with Crippen LogP contribution in [0.15, 0.2) is 102 Å². The molecule has 0 bridgehead atoms. The first-order valence-electron chi connectivity index (χ1n) is 10.5. The maximum Gasteiger partial charge on any atom is 0.343 e. The minimum absolute atomic E-state index is 0.133. The summed E-state index contributed by atoms with van der Waals surface area (Å²) in [7, 11) is 0. The fourth-order valence-corrected chi connectivity index (χ4v) is 3.20. The van der Waals surface area contributed by atoms with Crippen LogP contribution < -0.4 is 9.47 Å². The fourth-order valence-electron chi connectivity index (χ4n) is 3.20. The van der Waals surface area contributed by atoms with Crippen molar-refractivity contribution in [2.75, 3.05) is 0 Å². The van der Waals surface area contributed by atoms with Crippen molar-refractivity contribution in [2.24, 2.45) is 0 Å². The highest BCUT2D eigenvalue weighted by atomic mass is 16.5. The zero-order valence-electron chi connectivity index (χ0n) is 18.1. The molecule has 3 heterocycles. The molecule has 0 N–H and O–H groups in total. The third-order valence-corrected chi connectivity index (χ3v) is 4.90. The van der Waals surface area contributed by atoms with Crippen LogP contribution in [0.25, 0.3) is 22.9 Å². The van der Waals surface area contributed by atoms with E-state index in [1.54, 1.807) is 72.8 Å². The molecule has 0 saturated heterocycles. The first kappa shape index (κ1) is 21.7. The standard InChI is InChI=1S/C26H16N4O5/c31-25(17-9-13-27-14-10-17)33-21-7-3-1-5-19(21)23-29-30-24(35-23)20-6-2-4-8-22(20)34-26(32)18-11-15-28-16-12-18/h1-16H. The Kier molecular flexibility index (Phi) is 6.03. The van der Waals surface area contributed by atoms with Gasteiger partial charge in [-0.05, 0) is 48.5 Å². The van der Waals surface area contributed by atoms with Gasteiger partial charge in [0.2, 0.25) is 0 Å². The molecule has 0 fully saturated rings. The van der Waals surface area contributed by atoms with E-state index in [4.69, 9.17) is 13.9 Å². The van der Waals surface area contributed by atoms with Crippen LogP contribution in [-0.2, 0) is 0 Å². The normalized spacial score (nSPS) is 10.5. The first-order valence-corrected chi connectivity index (χ1v) is 10.5. The molecule has 0 aliphatic heterocycles. The molecular weight excluding hydrogens is 448 g/mol. The molecule has 2 aromatic carbocycles. The maximum absolute atomic E-state index is 12.5. The Morgan fingerprint density at radius 3 is 1.40 bits per heavy atom. The molecule has 0 amide bonds. The van der Waals surface area contributed by atoms with Crippen molar-refractivity contribution in [2.45, 2.75) is 0 Å². The molecule has 3 aromatic heterocycles. The highest BCUT2D eigenvalue weighted by Crippen LogP contribution is 2.34. The van der Waals surface area contributed by atoms with Gasteiger partial charge in [0.15, 0.2) is 0 Å². The second kappa shape index (κ2) is 9.75. The Labute approximate surface area is 199 Å². The number of carbonyl (C=O) groups is 2. The predicted molar refractivity (Wildman–Crippen MR) is 124 cm³/mol. The lowest BCUT2D eigenvalue weighted by molar-refractivity contribution is 0.0726. The van der Waals surface area contributed by atoms with Crippen molar-refractivity contribution >= 4 is 11.9 Å². The van der Waals surface area contributed by atoms with E-state index in [-0.39, 0.29) is 23.3 Å². The highest BCUT2D eigenvalue weighted by molar-refractivity contribution is 5.92. The number of benzene rings is 2. The van der Waals surface area contributed by atoms with Crippen molar-refractivity contribution in [1.82, 2.24) is 20.2 Å². The van der Waals surface area contributed by atoms with Crippen molar-refractivity contribution in [3.63, 3.8) is 0 Å². The van der Waals surface area contributed by atoms with Gasteiger partial charge >= 0.3 is 11.9 Å². The molecule has 35 heavy (non-hydrogen) atoms. The smallest absolute Gasteiger partial charge is 0.343 e. The van der Waals surface area contributed by atoms with Gasteiger partial charge in [-0.2, -0.15) is 0 Å². The van der Waals surface area contributed by atoms with E-state index in [2.05, 4.69) is 20.2 Å². The number of hydrogen-bond donors (Lipinski definition) is 0. The van der Waals surface area contributed by atoms with E-state index in [1.807, 2.05) is 0 Å². The Morgan fingerprint density at radius 2 is 0.971 bits per heavy atom. The number of nitrogens with zero attached hydrogens (tertiary/aromatic N) is 4. The zero-order chi connectivity index (χ0) is 24.0. The Bertz CT molecular complexity index is 1370. The number of rotatable bonds is 6. The highest BCUT2D eigenvalue weighted by Gasteiger charge is 2.20. The molecule has 0 aliphatic carbocycles. The van der Waals surface area contributed by atoms with Gasteiger partial charge in [0.05, 0.1) is 22.3 Å². The summed E-state index contributed by atoms with van der Waals surface area (Å²) in [4.78, 5) is 32.8. The Hall–Kier alpha value is -5.18.